The van der Waals surface area contributed by atoms with Gasteiger partial charge in [0.1, 0.15) is 11.4 Å². The van der Waals surface area contributed by atoms with Crippen LogP contribution in [0.5, 0.6) is 0 Å². The largest absolute Gasteiger partial charge is 0.478 e. The highest BCUT2D eigenvalue weighted by atomic mass is 35.5. The van der Waals surface area contributed by atoms with Crippen molar-refractivity contribution in [2.24, 2.45) is 0 Å². The number of hydrogen-bond acceptors (Lipinski definition) is 2. The summed E-state index contributed by atoms with van der Waals surface area (Å²) in [5, 5.41) is 12.3. The van der Waals surface area contributed by atoms with Crippen LogP contribution in [0.15, 0.2) is 42.5 Å². The van der Waals surface area contributed by atoms with Gasteiger partial charge in [0.05, 0.1) is 5.69 Å². The molecule has 2 rings (SSSR count). The summed E-state index contributed by atoms with van der Waals surface area (Å²) in [7, 11) is 0. The Bertz CT molecular complexity index is 601. The number of carbonyl (C=O) groups is 1. The molecule has 0 saturated carbocycles. The maximum Gasteiger partial charge on any atom is 0.340 e. The van der Waals surface area contributed by atoms with Crippen LogP contribution in [0.2, 0.25) is 5.02 Å². The third kappa shape index (κ3) is 2.60. The van der Waals surface area contributed by atoms with Gasteiger partial charge in [-0.3, -0.25) is 0 Å². The highest BCUT2D eigenvalue weighted by molar-refractivity contribution is 6.30. The van der Waals surface area contributed by atoms with Crippen LogP contribution in [-0.2, 0) is 0 Å². The predicted octanol–water partition coefficient (Wildman–Crippen LogP) is 3.92. The molecule has 0 spiro atoms. The molecule has 0 saturated heterocycles. The summed E-state index contributed by atoms with van der Waals surface area (Å²) in [5.74, 6) is -2.10. The van der Waals surface area contributed by atoms with Crippen molar-refractivity contribution in [3.05, 3.63) is 58.9 Å². The Morgan fingerprint density at radius 3 is 2.61 bits per heavy atom. The standard InChI is InChI=1S/C13H9ClFNO2/c14-8-3-1-4-9(7-8)16-11-6-2-5-10(15)12(11)13(17)18/h1-7,16H,(H,17,18). The van der Waals surface area contributed by atoms with Gasteiger partial charge in [-0.1, -0.05) is 23.7 Å². The molecule has 2 aromatic rings. The van der Waals surface area contributed by atoms with Crippen molar-refractivity contribution in [1.29, 1.82) is 0 Å². The molecule has 0 unspecified atom stereocenters. The second-order valence-electron chi connectivity index (χ2n) is 3.60. The molecule has 0 aliphatic heterocycles. The summed E-state index contributed by atoms with van der Waals surface area (Å²) in [5.41, 5.74) is 0.387. The fourth-order valence-corrected chi connectivity index (χ4v) is 1.76. The van der Waals surface area contributed by atoms with Crippen molar-refractivity contribution in [2.75, 3.05) is 5.32 Å². The van der Waals surface area contributed by atoms with Gasteiger partial charge in [-0.2, -0.15) is 0 Å². The number of nitrogens with one attached hydrogen (secondary N) is 1. The first kappa shape index (κ1) is 12.4. The Hall–Kier alpha value is -2.07. The van der Waals surface area contributed by atoms with Gasteiger partial charge in [-0.05, 0) is 30.3 Å². The first-order valence-corrected chi connectivity index (χ1v) is 5.50. The highest BCUT2D eigenvalue weighted by Crippen LogP contribution is 2.24. The predicted molar refractivity (Wildman–Crippen MR) is 68.1 cm³/mol. The topological polar surface area (TPSA) is 49.3 Å². The average Bonchev–Trinajstić information content (AvgIpc) is 2.28. The maximum absolute atomic E-state index is 13.4. The number of hydrogen-bond donors (Lipinski definition) is 2. The zero-order valence-electron chi connectivity index (χ0n) is 9.15. The molecule has 5 heteroatoms. The first-order chi connectivity index (χ1) is 8.58. The Kier molecular flexibility index (Phi) is 3.48. The molecule has 3 nitrogen and oxygen atoms in total. The van der Waals surface area contributed by atoms with E-state index in [1.807, 2.05) is 0 Å². The number of carboxylic acids is 1. The molecule has 0 heterocycles. The minimum Gasteiger partial charge on any atom is -0.478 e. The van der Waals surface area contributed by atoms with Gasteiger partial charge in [0.25, 0.3) is 0 Å². The summed E-state index contributed by atoms with van der Waals surface area (Å²) in [4.78, 5) is 11.0. The minimum absolute atomic E-state index is 0.185. The number of halogens is 2. The van der Waals surface area contributed by atoms with E-state index >= 15 is 0 Å². The molecule has 0 bridgehead atoms. The summed E-state index contributed by atoms with van der Waals surface area (Å²) >= 11 is 5.81. The van der Waals surface area contributed by atoms with Crippen molar-refractivity contribution < 1.29 is 14.3 Å². The zero-order chi connectivity index (χ0) is 13.1. The maximum atomic E-state index is 13.4. The summed E-state index contributed by atoms with van der Waals surface area (Å²) in [6, 6.07) is 10.8. The third-order valence-electron chi connectivity index (χ3n) is 2.33. The van der Waals surface area contributed by atoms with Gasteiger partial charge >= 0.3 is 5.97 Å². The van der Waals surface area contributed by atoms with Gasteiger partial charge in [-0.15, -0.1) is 0 Å². The highest BCUT2D eigenvalue weighted by Gasteiger charge is 2.15. The van der Waals surface area contributed by atoms with Crippen LogP contribution in [0.1, 0.15) is 10.4 Å². The molecule has 0 radical (unpaired) electrons. The van der Waals surface area contributed by atoms with Crippen LogP contribution in [0.3, 0.4) is 0 Å². The van der Waals surface area contributed by atoms with Crippen LogP contribution in [0.25, 0.3) is 0 Å². The molecule has 92 valence electrons. The van der Waals surface area contributed by atoms with Crippen molar-refractivity contribution in [1.82, 2.24) is 0 Å². The summed E-state index contributed by atoms with van der Waals surface area (Å²) < 4.78 is 13.4. The second kappa shape index (κ2) is 5.06. The fraction of sp³-hybridized carbons (Fsp3) is 0. The Morgan fingerprint density at radius 1 is 1.22 bits per heavy atom. The number of aromatic carboxylic acids is 1. The molecule has 2 N–H and O–H groups in total. The number of anilines is 2. The molecule has 0 atom stereocenters. The second-order valence-corrected chi connectivity index (χ2v) is 4.04. The van der Waals surface area contributed by atoms with Gasteiger partial charge in [0.15, 0.2) is 0 Å². The van der Waals surface area contributed by atoms with Crippen molar-refractivity contribution in [3.63, 3.8) is 0 Å². The normalized spacial score (nSPS) is 10.1. The van der Waals surface area contributed by atoms with Gasteiger partial charge in [0.2, 0.25) is 0 Å². The van der Waals surface area contributed by atoms with Gasteiger partial charge < -0.3 is 10.4 Å². The van der Waals surface area contributed by atoms with Crippen LogP contribution < -0.4 is 5.32 Å². The Labute approximate surface area is 108 Å². The molecule has 0 amide bonds. The smallest absolute Gasteiger partial charge is 0.340 e. The van der Waals surface area contributed by atoms with E-state index in [4.69, 9.17) is 16.7 Å². The van der Waals surface area contributed by atoms with Crippen molar-refractivity contribution >= 4 is 28.9 Å². The fourth-order valence-electron chi connectivity index (χ4n) is 1.57. The van der Waals surface area contributed by atoms with E-state index in [0.717, 1.165) is 6.07 Å². The zero-order valence-corrected chi connectivity index (χ0v) is 9.91. The average molecular weight is 266 g/mol. The van der Waals surface area contributed by atoms with Crippen LogP contribution in [0.4, 0.5) is 15.8 Å². The van der Waals surface area contributed by atoms with E-state index in [-0.39, 0.29) is 5.69 Å². The number of benzene rings is 2. The van der Waals surface area contributed by atoms with E-state index in [0.29, 0.717) is 10.7 Å². The van der Waals surface area contributed by atoms with E-state index in [1.54, 1.807) is 24.3 Å². The Morgan fingerprint density at radius 2 is 1.94 bits per heavy atom. The summed E-state index contributed by atoms with van der Waals surface area (Å²) in [6.45, 7) is 0. The van der Waals surface area contributed by atoms with Crippen LogP contribution >= 0.6 is 11.6 Å². The van der Waals surface area contributed by atoms with E-state index in [1.165, 1.54) is 12.1 Å². The lowest BCUT2D eigenvalue weighted by Gasteiger charge is -2.10. The first-order valence-electron chi connectivity index (χ1n) is 5.12. The summed E-state index contributed by atoms with van der Waals surface area (Å²) in [6.07, 6.45) is 0. The van der Waals surface area contributed by atoms with Crippen LogP contribution in [0, 0.1) is 5.82 Å². The third-order valence-corrected chi connectivity index (χ3v) is 2.57. The molecule has 18 heavy (non-hydrogen) atoms. The van der Waals surface area contributed by atoms with Crippen molar-refractivity contribution in [2.45, 2.75) is 0 Å². The lowest BCUT2D eigenvalue weighted by atomic mass is 10.1. The Balaban J connectivity index is 2.40. The molecule has 0 aromatic heterocycles. The molecule has 0 aliphatic rings. The van der Waals surface area contributed by atoms with Gasteiger partial charge in [0, 0.05) is 10.7 Å². The van der Waals surface area contributed by atoms with Gasteiger partial charge in [-0.25, -0.2) is 9.18 Å². The molecule has 2 aromatic carbocycles. The molecular formula is C13H9ClFNO2. The van der Waals surface area contributed by atoms with E-state index < -0.39 is 17.3 Å². The van der Waals surface area contributed by atoms with Crippen molar-refractivity contribution in [3.8, 4) is 0 Å². The van der Waals surface area contributed by atoms with E-state index in [2.05, 4.69) is 5.32 Å². The lowest BCUT2D eigenvalue weighted by molar-refractivity contribution is 0.0693. The molecule has 0 aliphatic carbocycles. The molecule has 0 fully saturated rings. The molecular weight excluding hydrogens is 257 g/mol. The number of carboxylic acid groups (broad SMARTS) is 1. The SMILES string of the molecule is O=C(O)c1c(F)cccc1Nc1cccc(Cl)c1. The minimum atomic E-state index is -1.32. The van der Waals surface area contributed by atoms with E-state index in [9.17, 15) is 9.18 Å². The monoisotopic (exact) mass is 265 g/mol. The quantitative estimate of drug-likeness (QED) is 0.884. The van der Waals surface area contributed by atoms with Crippen LogP contribution in [-0.4, -0.2) is 11.1 Å². The lowest BCUT2D eigenvalue weighted by Crippen LogP contribution is -2.05. The number of rotatable bonds is 3.